The lowest BCUT2D eigenvalue weighted by atomic mass is 10.0. The Labute approximate surface area is 170 Å². The van der Waals surface area contributed by atoms with Crippen LogP contribution in [0, 0.1) is 0 Å². The smallest absolute Gasteiger partial charge is 0.229 e. The minimum atomic E-state index is -0.344. The van der Waals surface area contributed by atoms with Crippen molar-refractivity contribution in [1.29, 1.82) is 0 Å². The molecule has 0 fully saturated rings. The number of rotatable bonds is 4. The number of amides is 1. The second kappa shape index (κ2) is 7.38. The summed E-state index contributed by atoms with van der Waals surface area (Å²) >= 11 is 19.0. The normalized spacial score (nSPS) is 16.0. The molecule has 1 aliphatic rings. The van der Waals surface area contributed by atoms with E-state index in [1.165, 1.54) is 6.33 Å². The summed E-state index contributed by atoms with van der Waals surface area (Å²) in [4.78, 5) is 16.0. The molecule has 1 aliphatic heterocycles. The van der Waals surface area contributed by atoms with E-state index in [4.69, 9.17) is 39.5 Å². The van der Waals surface area contributed by atoms with E-state index in [9.17, 15) is 4.79 Å². The van der Waals surface area contributed by atoms with E-state index in [0.29, 0.717) is 26.8 Å². The van der Waals surface area contributed by atoms with Crippen LogP contribution >= 0.6 is 34.8 Å². The number of hydrogen-bond donors (Lipinski definition) is 1. The van der Waals surface area contributed by atoms with Crippen molar-refractivity contribution >= 4 is 46.7 Å². The zero-order valence-corrected chi connectivity index (χ0v) is 16.1. The van der Waals surface area contributed by atoms with Crippen molar-refractivity contribution < 1.29 is 9.53 Å². The molecule has 3 aromatic rings. The highest BCUT2D eigenvalue weighted by molar-refractivity contribution is 6.37. The SMILES string of the molecule is O=C1C[C@H](c2cc(Cl)c(OCc3ccccc3Cl)c(Cl)c2)n2ncnc2N1. The number of nitrogens with one attached hydrogen (secondary N) is 1. The quantitative estimate of drug-likeness (QED) is 0.657. The number of carbonyl (C=O) groups excluding carboxylic acids is 1. The Morgan fingerprint density at radius 3 is 2.63 bits per heavy atom. The molecule has 0 radical (unpaired) electrons. The molecule has 0 bridgehead atoms. The van der Waals surface area contributed by atoms with Crippen LogP contribution in [0.1, 0.15) is 23.6 Å². The molecule has 0 aliphatic carbocycles. The van der Waals surface area contributed by atoms with Gasteiger partial charge in [0.15, 0.2) is 5.75 Å². The fourth-order valence-corrected chi connectivity index (χ4v) is 3.74. The van der Waals surface area contributed by atoms with Crippen LogP contribution in [0.2, 0.25) is 15.1 Å². The van der Waals surface area contributed by atoms with Gasteiger partial charge in [-0.25, -0.2) is 4.68 Å². The highest BCUT2D eigenvalue weighted by atomic mass is 35.5. The van der Waals surface area contributed by atoms with Crippen LogP contribution in [-0.2, 0) is 11.4 Å². The van der Waals surface area contributed by atoms with Gasteiger partial charge in [-0.15, -0.1) is 0 Å². The van der Waals surface area contributed by atoms with Crippen molar-refractivity contribution in [1.82, 2.24) is 14.8 Å². The maximum absolute atomic E-state index is 11.9. The number of fused-ring (bicyclic) bond motifs is 1. The average molecular weight is 424 g/mol. The number of halogens is 3. The van der Waals surface area contributed by atoms with E-state index < -0.39 is 0 Å². The summed E-state index contributed by atoms with van der Waals surface area (Å²) in [6.45, 7) is 0.234. The van der Waals surface area contributed by atoms with Crippen molar-refractivity contribution in [2.24, 2.45) is 0 Å². The standard InChI is InChI=1S/C18H13Cl3N4O2/c19-12-4-2-1-3-10(12)8-27-17-13(20)5-11(6-14(17)21)15-7-16(26)24-18-22-9-23-25(15)18/h1-6,9,15H,7-8H2,(H,22,23,24,26)/t15-/m1/s1. The average Bonchev–Trinajstić information content (AvgIpc) is 3.09. The Balaban J connectivity index is 1.61. The van der Waals surface area contributed by atoms with Gasteiger partial charge in [-0.05, 0) is 23.8 Å². The Morgan fingerprint density at radius 2 is 1.89 bits per heavy atom. The number of hydrogen-bond acceptors (Lipinski definition) is 4. The lowest BCUT2D eigenvalue weighted by molar-refractivity contribution is -0.117. The molecule has 1 N–H and O–H groups in total. The highest BCUT2D eigenvalue weighted by Crippen LogP contribution is 2.39. The lowest BCUT2D eigenvalue weighted by Crippen LogP contribution is -2.29. The number of ether oxygens (including phenoxy) is 1. The van der Waals surface area contributed by atoms with Gasteiger partial charge in [0.25, 0.3) is 0 Å². The molecule has 2 heterocycles. The summed E-state index contributed by atoms with van der Waals surface area (Å²) in [7, 11) is 0. The van der Waals surface area contributed by atoms with Gasteiger partial charge in [-0.2, -0.15) is 10.1 Å². The number of nitrogens with zero attached hydrogens (tertiary/aromatic N) is 3. The topological polar surface area (TPSA) is 69.0 Å². The Morgan fingerprint density at radius 1 is 1.15 bits per heavy atom. The van der Waals surface area contributed by atoms with E-state index in [2.05, 4.69) is 15.4 Å². The van der Waals surface area contributed by atoms with Crippen LogP contribution in [0.4, 0.5) is 5.95 Å². The van der Waals surface area contributed by atoms with Gasteiger partial charge in [-0.1, -0.05) is 53.0 Å². The van der Waals surface area contributed by atoms with Crippen LogP contribution in [-0.4, -0.2) is 20.7 Å². The molecule has 1 atom stereocenters. The Bertz CT molecular complexity index is 998. The molecule has 1 amide bonds. The van der Waals surface area contributed by atoms with Gasteiger partial charge in [-0.3, -0.25) is 10.1 Å². The minimum absolute atomic E-state index is 0.146. The first kappa shape index (κ1) is 18.1. The first-order chi connectivity index (χ1) is 13.0. The fraction of sp³-hybridized carbons (Fsp3) is 0.167. The van der Waals surface area contributed by atoms with Crippen molar-refractivity contribution in [3.8, 4) is 5.75 Å². The van der Waals surface area contributed by atoms with Crippen LogP contribution in [0.25, 0.3) is 0 Å². The molecule has 2 aromatic carbocycles. The summed E-state index contributed by atoms with van der Waals surface area (Å²) in [5.41, 5.74) is 1.57. The number of benzene rings is 2. The fourth-order valence-electron chi connectivity index (χ4n) is 2.94. The van der Waals surface area contributed by atoms with Crippen LogP contribution in [0.5, 0.6) is 5.75 Å². The molecule has 27 heavy (non-hydrogen) atoms. The summed E-state index contributed by atoms with van der Waals surface area (Å²) in [6.07, 6.45) is 1.60. The molecule has 6 nitrogen and oxygen atoms in total. The summed E-state index contributed by atoms with van der Waals surface area (Å²) in [6, 6.07) is 10.5. The maximum atomic E-state index is 11.9. The van der Waals surface area contributed by atoms with Gasteiger partial charge in [0.2, 0.25) is 11.9 Å². The zero-order valence-electron chi connectivity index (χ0n) is 13.8. The third-order valence-electron chi connectivity index (χ3n) is 4.23. The van der Waals surface area contributed by atoms with Crippen LogP contribution < -0.4 is 10.1 Å². The molecule has 138 valence electrons. The van der Waals surface area contributed by atoms with Crippen LogP contribution in [0.15, 0.2) is 42.7 Å². The van der Waals surface area contributed by atoms with Crippen molar-refractivity contribution in [2.75, 3.05) is 5.32 Å². The van der Waals surface area contributed by atoms with Gasteiger partial charge in [0.05, 0.1) is 22.5 Å². The molecule has 0 spiro atoms. The predicted molar refractivity (Wildman–Crippen MR) is 104 cm³/mol. The monoisotopic (exact) mass is 422 g/mol. The molecule has 9 heteroatoms. The maximum Gasteiger partial charge on any atom is 0.229 e. The van der Waals surface area contributed by atoms with E-state index >= 15 is 0 Å². The molecular formula is C18H13Cl3N4O2. The van der Waals surface area contributed by atoms with E-state index in [1.807, 2.05) is 18.2 Å². The molecular weight excluding hydrogens is 411 g/mol. The molecule has 0 unspecified atom stereocenters. The molecule has 4 rings (SSSR count). The second-order valence-electron chi connectivity index (χ2n) is 5.99. The van der Waals surface area contributed by atoms with Crippen molar-refractivity contribution in [3.05, 3.63) is 68.9 Å². The first-order valence-electron chi connectivity index (χ1n) is 8.07. The first-order valence-corrected chi connectivity index (χ1v) is 9.21. The van der Waals surface area contributed by atoms with Crippen molar-refractivity contribution in [3.63, 3.8) is 0 Å². The summed E-state index contributed by atoms with van der Waals surface area (Å²) in [5, 5.41) is 8.14. The number of aromatic nitrogens is 3. The largest absolute Gasteiger partial charge is 0.486 e. The van der Waals surface area contributed by atoms with Gasteiger partial charge in [0, 0.05) is 10.6 Å². The summed E-state index contributed by atoms with van der Waals surface area (Å²) in [5.74, 6) is 0.607. The third kappa shape index (κ3) is 3.60. The van der Waals surface area contributed by atoms with E-state index in [1.54, 1.807) is 22.9 Å². The van der Waals surface area contributed by atoms with E-state index in [-0.39, 0.29) is 25.0 Å². The minimum Gasteiger partial charge on any atom is -0.486 e. The molecule has 0 saturated carbocycles. The van der Waals surface area contributed by atoms with E-state index in [0.717, 1.165) is 11.1 Å². The van der Waals surface area contributed by atoms with Crippen molar-refractivity contribution in [2.45, 2.75) is 19.1 Å². The van der Waals surface area contributed by atoms with Gasteiger partial charge in [0.1, 0.15) is 12.9 Å². The zero-order chi connectivity index (χ0) is 19.0. The van der Waals surface area contributed by atoms with Crippen LogP contribution in [0.3, 0.4) is 0 Å². The number of carbonyl (C=O) groups is 1. The van der Waals surface area contributed by atoms with Gasteiger partial charge >= 0.3 is 0 Å². The molecule has 1 aromatic heterocycles. The summed E-state index contributed by atoms with van der Waals surface area (Å²) < 4.78 is 7.42. The number of anilines is 1. The third-order valence-corrected chi connectivity index (χ3v) is 5.16. The van der Waals surface area contributed by atoms with Gasteiger partial charge < -0.3 is 4.74 Å². The lowest BCUT2D eigenvalue weighted by Gasteiger charge is -2.24. The Kier molecular flexibility index (Phi) is 4.95. The Hall–Kier alpha value is -2.28. The highest BCUT2D eigenvalue weighted by Gasteiger charge is 2.28. The molecule has 0 saturated heterocycles. The predicted octanol–water partition coefficient (Wildman–Crippen LogP) is 4.75. The second-order valence-corrected chi connectivity index (χ2v) is 7.21.